The van der Waals surface area contributed by atoms with Gasteiger partial charge in [0.05, 0.1) is 0 Å². The van der Waals surface area contributed by atoms with Crippen molar-refractivity contribution in [1.29, 1.82) is 0 Å². The number of nitrogens with one attached hydrogen (secondary N) is 2. The van der Waals surface area contributed by atoms with Crippen molar-refractivity contribution in [3.05, 3.63) is 109 Å². The maximum atomic E-state index is 4.74. The number of fused-ring (bicyclic) bond motifs is 1. The van der Waals surface area contributed by atoms with Gasteiger partial charge in [0.15, 0.2) is 0 Å². The molecule has 0 aliphatic heterocycles. The minimum atomic E-state index is 0.260. The summed E-state index contributed by atoms with van der Waals surface area (Å²) in [6.45, 7) is 5.10. The first kappa shape index (κ1) is 23.6. The molecule has 36 heavy (non-hydrogen) atoms. The van der Waals surface area contributed by atoms with Gasteiger partial charge in [0.2, 0.25) is 0 Å². The van der Waals surface area contributed by atoms with Crippen molar-refractivity contribution in [3.63, 3.8) is 0 Å². The molecule has 0 fully saturated rings. The van der Waals surface area contributed by atoms with Gasteiger partial charge >= 0.3 is 0 Å². The molecule has 0 aliphatic rings. The summed E-state index contributed by atoms with van der Waals surface area (Å²) in [5.74, 6) is 0.759. The van der Waals surface area contributed by atoms with Crippen LogP contribution in [-0.4, -0.2) is 33.8 Å². The number of rotatable bonds is 9. The fourth-order valence-corrected chi connectivity index (χ4v) is 4.65. The average Bonchev–Trinajstić information content (AvgIpc) is 2.92. The molecule has 0 bridgehead atoms. The van der Waals surface area contributed by atoms with Crippen LogP contribution in [0.1, 0.15) is 19.4 Å². The van der Waals surface area contributed by atoms with Gasteiger partial charge in [-0.05, 0) is 46.5 Å². The van der Waals surface area contributed by atoms with Crippen molar-refractivity contribution in [1.82, 2.24) is 20.5 Å². The van der Waals surface area contributed by atoms with Crippen LogP contribution < -0.4 is 10.6 Å². The van der Waals surface area contributed by atoms with Crippen LogP contribution in [0.15, 0.2) is 103 Å². The summed E-state index contributed by atoms with van der Waals surface area (Å²) >= 11 is 0. The van der Waals surface area contributed by atoms with Gasteiger partial charge in [-0.2, -0.15) is 0 Å². The molecule has 0 aliphatic carbocycles. The number of hydrogen-bond donors (Lipinski definition) is 2. The van der Waals surface area contributed by atoms with Crippen molar-refractivity contribution in [2.75, 3.05) is 11.9 Å². The van der Waals surface area contributed by atoms with Crippen LogP contribution in [0.2, 0.25) is 0 Å². The highest BCUT2D eigenvalue weighted by atomic mass is 15.2. The molecule has 5 rings (SSSR count). The highest BCUT2D eigenvalue weighted by Gasteiger charge is 2.16. The van der Waals surface area contributed by atoms with Gasteiger partial charge in [0.25, 0.3) is 0 Å². The Balaban J connectivity index is 1.47. The van der Waals surface area contributed by atoms with E-state index in [9.17, 15) is 0 Å². The van der Waals surface area contributed by atoms with Gasteiger partial charge in [-0.25, -0.2) is 0 Å². The van der Waals surface area contributed by atoms with Crippen molar-refractivity contribution in [2.45, 2.75) is 32.4 Å². The van der Waals surface area contributed by atoms with E-state index >= 15 is 0 Å². The molecule has 0 amide bonds. The van der Waals surface area contributed by atoms with Gasteiger partial charge in [-0.3, -0.25) is 4.98 Å². The molecule has 2 N–H and O–H groups in total. The molecule has 0 saturated heterocycles. The van der Waals surface area contributed by atoms with Crippen LogP contribution >= 0.6 is 0 Å². The van der Waals surface area contributed by atoms with Crippen LogP contribution in [0.25, 0.3) is 33.2 Å². The molecule has 5 aromatic rings. The first-order valence-corrected chi connectivity index (χ1v) is 12.5. The number of nitrogens with zero attached hydrogens (tertiary/aromatic N) is 3. The summed E-state index contributed by atoms with van der Waals surface area (Å²) in [6.07, 6.45) is 4.57. The van der Waals surface area contributed by atoms with Crippen molar-refractivity contribution < 1.29 is 0 Å². The van der Waals surface area contributed by atoms with Crippen LogP contribution in [0.3, 0.4) is 0 Å². The summed E-state index contributed by atoms with van der Waals surface area (Å²) in [5, 5.41) is 18.9. The zero-order valence-electron chi connectivity index (χ0n) is 20.7. The quantitative estimate of drug-likeness (QED) is 0.260. The molecule has 5 heteroatoms. The van der Waals surface area contributed by atoms with E-state index in [1.54, 1.807) is 0 Å². The predicted octanol–water partition coefficient (Wildman–Crippen LogP) is 6.38. The minimum Gasteiger partial charge on any atom is -0.367 e. The molecule has 0 saturated carbocycles. The molecule has 2 aromatic heterocycles. The molecule has 3 aromatic carbocycles. The van der Waals surface area contributed by atoms with E-state index in [2.05, 4.69) is 113 Å². The van der Waals surface area contributed by atoms with E-state index in [4.69, 9.17) is 5.10 Å². The number of anilines is 1. The Morgan fingerprint density at radius 1 is 0.750 bits per heavy atom. The van der Waals surface area contributed by atoms with Gasteiger partial charge in [-0.15, -0.1) is 10.2 Å². The van der Waals surface area contributed by atoms with Gasteiger partial charge in [0, 0.05) is 42.1 Å². The maximum absolute atomic E-state index is 4.74. The Labute approximate surface area is 212 Å². The average molecular weight is 474 g/mol. The molecule has 1 atom stereocenters. The van der Waals surface area contributed by atoms with Crippen LogP contribution in [-0.2, 0) is 6.42 Å². The van der Waals surface area contributed by atoms with E-state index in [1.165, 1.54) is 10.9 Å². The normalized spacial score (nSPS) is 12.1. The standard InChI is InChI=1S/C31H31N5/c1-22(2)34-26(19-23-9-4-3-5-10-23)21-33-30-20-29(25-15-17-32-18-16-25)31(36-35-30)28-14-8-12-24-11-6-7-13-27(24)28/h3-18,20,22,26,34H,19,21H2,1-2H3,(H,33,35)/t26-/m0/s1. The Hall–Kier alpha value is -4.09. The second kappa shape index (κ2) is 11.1. The molecular weight excluding hydrogens is 442 g/mol. The zero-order chi connectivity index (χ0) is 24.7. The molecule has 180 valence electrons. The van der Waals surface area contributed by atoms with Crippen LogP contribution in [0, 0.1) is 0 Å². The fourth-order valence-electron chi connectivity index (χ4n) is 4.65. The summed E-state index contributed by atoms with van der Waals surface area (Å²) in [4.78, 5) is 4.21. The highest BCUT2D eigenvalue weighted by Crippen LogP contribution is 2.35. The van der Waals surface area contributed by atoms with Gasteiger partial charge in [-0.1, -0.05) is 86.6 Å². The van der Waals surface area contributed by atoms with E-state index in [0.29, 0.717) is 6.04 Å². The number of benzene rings is 3. The Morgan fingerprint density at radius 3 is 2.31 bits per heavy atom. The Morgan fingerprint density at radius 2 is 1.50 bits per heavy atom. The smallest absolute Gasteiger partial charge is 0.149 e. The lowest BCUT2D eigenvalue weighted by atomic mass is 9.96. The lowest BCUT2D eigenvalue weighted by Crippen LogP contribution is -2.41. The summed E-state index contributed by atoms with van der Waals surface area (Å²) in [6, 6.07) is 32.1. The van der Waals surface area contributed by atoms with Gasteiger partial charge in [0.1, 0.15) is 11.5 Å². The predicted molar refractivity (Wildman–Crippen MR) is 149 cm³/mol. The minimum absolute atomic E-state index is 0.260. The summed E-state index contributed by atoms with van der Waals surface area (Å²) in [5.41, 5.74) is 5.34. The number of pyridine rings is 1. The number of hydrogen-bond acceptors (Lipinski definition) is 5. The second-order valence-electron chi connectivity index (χ2n) is 9.34. The van der Waals surface area contributed by atoms with Crippen LogP contribution in [0.5, 0.6) is 0 Å². The topological polar surface area (TPSA) is 62.7 Å². The molecular formula is C31H31N5. The third-order valence-corrected chi connectivity index (χ3v) is 6.25. The Kier molecular flexibility index (Phi) is 7.29. The van der Waals surface area contributed by atoms with E-state index < -0.39 is 0 Å². The van der Waals surface area contributed by atoms with E-state index in [-0.39, 0.29) is 6.04 Å². The highest BCUT2D eigenvalue weighted by molar-refractivity contribution is 5.99. The molecule has 2 heterocycles. The first-order valence-electron chi connectivity index (χ1n) is 12.5. The molecule has 5 nitrogen and oxygen atoms in total. The van der Waals surface area contributed by atoms with E-state index in [0.717, 1.165) is 46.6 Å². The van der Waals surface area contributed by atoms with Crippen molar-refractivity contribution >= 4 is 16.6 Å². The molecule has 0 unspecified atom stereocenters. The SMILES string of the molecule is CC(C)N[C@H](CNc1cc(-c2ccncc2)c(-c2cccc3ccccc23)nn1)Cc1ccccc1. The summed E-state index contributed by atoms with van der Waals surface area (Å²) < 4.78 is 0. The monoisotopic (exact) mass is 473 g/mol. The maximum Gasteiger partial charge on any atom is 0.149 e. The number of aromatic nitrogens is 3. The third kappa shape index (κ3) is 5.58. The second-order valence-corrected chi connectivity index (χ2v) is 9.34. The van der Waals surface area contributed by atoms with Crippen molar-refractivity contribution in [2.24, 2.45) is 0 Å². The lowest BCUT2D eigenvalue weighted by Gasteiger charge is -2.22. The third-order valence-electron chi connectivity index (χ3n) is 6.25. The van der Waals surface area contributed by atoms with Gasteiger partial charge < -0.3 is 10.6 Å². The molecule has 0 radical (unpaired) electrons. The first-order chi connectivity index (χ1) is 17.7. The summed E-state index contributed by atoms with van der Waals surface area (Å²) in [7, 11) is 0. The lowest BCUT2D eigenvalue weighted by molar-refractivity contribution is 0.474. The zero-order valence-corrected chi connectivity index (χ0v) is 20.7. The van der Waals surface area contributed by atoms with E-state index in [1.807, 2.05) is 24.5 Å². The van der Waals surface area contributed by atoms with Crippen LogP contribution in [0.4, 0.5) is 5.82 Å². The largest absolute Gasteiger partial charge is 0.367 e. The Bertz CT molecular complexity index is 1410. The molecule has 0 spiro atoms. The van der Waals surface area contributed by atoms with Crippen molar-refractivity contribution in [3.8, 4) is 22.4 Å². The fraction of sp³-hybridized carbons (Fsp3) is 0.194.